The van der Waals surface area contributed by atoms with Crippen molar-refractivity contribution in [2.24, 2.45) is 5.41 Å². The van der Waals surface area contributed by atoms with Crippen molar-refractivity contribution in [3.8, 4) is 5.95 Å². The number of imidazole rings is 1. The van der Waals surface area contributed by atoms with Crippen LogP contribution in [0, 0.1) is 5.41 Å². The predicted octanol–water partition coefficient (Wildman–Crippen LogP) is 2.41. The minimum Gasteiger partial charge on any atom is -0.368 e. The highest BCUT2D eigenvalue weighted by Crippen LogP contribution is 2.34. The molecular weight excluding hydrogens is 340 g/mol. The highest BCUT2D eigenvalue weighted by molar-refractivity contribution is 5.90. The highest BCUT2D eigenvalue weighted by atomic mass is 15.4. The first kappa shape index (κ1) is 17.7. The van der Waals surface area contributed by atoms with E-state index in [4.69, 9.17) is 10.7 Å². The standard InChI is InChI=1S/C19H26N8/c1-5-26-16-13(12-6-7-22-15(8-12)19(2,3)4)9-21-10-14(16)25-18(26)27-17(20)23-11-24-27/h6,9-11,15,22H,5,7-8H2,1-4H3,(H2,20,23,24). The molecule has 0 saturated carbocycles. The molecule has 4 heterocycles. The van der Waals surface area contributed by atoms with Crippen LogP contribution in [-0.4, -0.2) is 41.9 Å². The lowest BCUT2D eigenvalue weighted by Gasteiger charge is -2.35. The summed E-state index contributed by atoms with van der Waals surface area (Å²) < 4.78 is 3.70. The predicted molar refractivity (Wildman–Crippen MR) is 106 cm³/mol. The van der Waals surface area contributed by atoms with Crippen LogP contribution >= 0.6 is 0 Å². The smallest absolute Gasteiger partial charge is 0.235 e. The van der Waals surface area contributed by atoms with Gasteiger partial charge in [0, 0.05) is 30.9 Å². The van der Waals surface area contributed by atoms with Gasteiger partial charge in [-0.05, 0) is 24.3 Å². The summed E-state index contributed by atoms with van der Waals surface area (Å²) in [6.07, 6.45) is 8.40. The van der Waals surface area contributed by atoms with E-state index < -0.39 is 0 Å². The molecule has 1 aliphatic rings. The molecule has 1 unspecified atom stereocenters. The molecule has 27 heavy (non-hydrogen) atoms. The Balaban J connectivity index is 1.87. The van der Waals surface area contributed by atoms with E-state index in [1.807, 2.05) is 6.20 Å². The second-order valence-corrected chi connectivity index (χ2v) is 8.00. The molecule has 8 heteroatoms. The number of hydrogen-bond donors (Lipinski definition) is 2. The number of nitrogens with zero attached hydrogens (tertiary/aromatic N) is 6. The van der Waals surface area contributed by atoms with Crippen molar-refractivity contribution in [3.05, 3.63) is 30.4 Å². The average molecular weight is 366 g/mol. The van der Waals surface area contributed by atoms with Crippen molar-refractivity contribution in [2.45, 2.75) is 46.7 Å². The SMILES string of the molecule is CCn1c(-n2ncnc2N)nc2cncc(C3=CCNC(C(C)(C)C)C3)c21. The van der Waals surface area contributed by atoms with E-state index in [-0.39, 0.29) is 5.41 Å². The zero-order valence-electron chi connectivity index (χ0n) is 16.3. The van der Waals surface area contributed by atoms with E-state index in [1.54, 1.807) is 10.9 Å². The lowest BCUT2D eigenvalue weighted by molar-refractivity contribution is 0.274. The summed E-state index contributed by atoms with van der Waals surface area (Å²) in [5.74, 6) is 0.988. The molecule has 1 aliphatic heterocycles. The molecule has 3 aromatic rings. The number of nitrogens with one attached hydrogen (secondary N) is 1. The van der Waals surface area contributed by atoms with Crippen molar-refractivity contribution >= 4 is 22.6 Å². The summed E-state index contributed by atoms with van der Waals surface area (Å²) in [6, 6.07) is 0.413. The third-order valence-corrected chi connectivity index (χ3v) is 5.24. The molecule has 0 spiro atoms. The molecule has 0 saturated heterocycles. The van der Waals surface area contributed by atoms with Gasteiger partial charge in [-0.1, -0.05) is 26.8 Å². The van der Waals surface area contributed by atoms with Gasteiger partial charge < -0.3 is 15.6 Å². The largest absolute Gasteiger partial charge is 0.368 e. The van der Waals surface area contributed by atoms with Gasteiger partial charge in [-0.3, -0.25) is 4.98 Å². The van der Waals surface area contributed by atoms with Gasteiger partial charge in [-0.25, -0.2) is 4.98 Å². The molecule has 3 N–H and O–H groups in total. The normalized spacial score (nSPS) is 18.1. The summed E-state index contributed by atoms with van der Waals surface area (Å²) >= 11 is 0. The second kappa shape index (κ2) is 6.45. The summed E-state index contributed by atoms with van der Waals surface area (Å²) in [4.78, 5) is 13.2. The molecule has 0 aliphatic carbocycles. The van der Waals surface area contributed by atoms with Crippen LogP contribution in [0.1, 0.15) is 39.7 Å². The molecule has 142 valence electrons. The van der Waals surface area contributed by atoms with Crippen molar-refractivity contribution < 1.29 is 0 Å². The molecule has 1 atom stereocenters. The van der Waals surface area contributed by atoms with E-state index in [9.17, 15) is 0 Å². The molecule has 0 amide bonds. The van der Waals surface area contributed by atoms with Crippen LogP contribution in [0.2, 0.25) is 0 Å². The van der Waals surface area contributed by atoms with E-state index >= 15 is 0 Å². The number of aryl methyl sites for hydroxylation is 1. The van der Waals surface area contributed by atoms with Crippen molar-refractivity contribution in [3.63, 3.8) is 0 Å². The van der Waals surface area contributed by atoms with E-state index in [1.165, 1.54) is 11.9 Å². The van der Waals surface area contributed by atoms with Crippen molar-refractivity contribution in [1.29, 1.82) is 0 Å². The summed E-state index contributed by atoms with van der Waals surface area (Å²) in [5.41, 5.74) is 10.5. The number of anilines is 1. The first-order valence-electron chi connectivity index (χ1n) is 9.33. The summed E-state index contributed by atoms with van der Waals surface area (Å²) in [6.45, 7) is 10.5. The zero-order chi connectivity index (χ0) is 19.2. The lowest BCUT2D eigenvalue weighted by Crippen LogP contribution is -2.42. The molecule has 0 radical (unpaired) electrons. The highest BCUT2D eigenvalue weighted by Gasteiger charge is 2.29. The molecule has 3 aromatic heterocycles. The second-order valence-electron chi connectivity index (χ2n) is 8.00. The van der Waals surface area contributed by atoms with Gasteiger partial charge in [0.2, 0.25) is 11.9 Å². The minimum absolute atomic E-state index is 0.187. The molecule has 0 fully saturated rings. The van der Waals surface area contributed by atoms with E-state index in [0.717, 1.165) is 36.1 Å². The fraction of sp³-hybridized carbons (Fsp3) is 0.474. The van der Waals surface area contributed by atoms with Crippen LogP contribution in [0.3, 0.4) is 0 Å². The topological polar surface area (TPSA) is 99.5 Å². The Kier molecular flexibility index (Phi) is 4.22. The Labute approximate surface area is 158 Å². The summed E-state index contributed by atoms with van der Waals surface area (Å²) in [7, 11) is 0. The number of hydrogen-bond acceptors (Lipinski definition) is 6. The Morgan fingerprint density at radius 2 is 2.11 bits per heavy atom. The quantitative estimate of drug-likeness (QED) is 0.738. The number of pyridine rings is 1. The fourth-order valence-electron chi connectivity index (χ4n) is 3.71. The molecule has 8 nitrogen and oxygen atoms in total. The summed E-state index contributed by atoms with van der Waals surface area (Å²) in [5, 5.41) is 7.84. The van der Waals surface area contributed by atoms with Crippen LogP contribution in [0.15, 0.2) is 24.8 Å². The van der Waals surface area contributed by atoms with Crippen molar-refractivity contribution in [2.75, 3.05) is 12.3 Å². The van der Waals surface area contributed by atoms with Gasteiger partial charge in [-0.2, -0.15) is 14.8 Å². The maximum atomic E-state index is 5.97. The monoisotopic (exact) mass is 366 g/mol. The van der Waals surface area contributed by atoms with Gasteiger partial charge >= 0.3 is 0 Å². The van der Waals surface area contributed by atoms with Gasteiger partial charge in [0.05, 0.1) is 11.7 Å². The Hall–Kier alpha value is -2.74. The zero-order valence-corrected chi connectivity index (χ0v) is 16.3. The Morgan fingerprint density at radius 1 is 1.30 bits per heavy atom. The van der Waals surface area contributed by atoms with Crippen LogP contribution in [-0.2, 0) is 6.54 Å². The van der Waals surface area contributed by atoms with Crippen LogP contribution in [0.4, 0.5) is 5.95 Å². The number of aromatic nitrogens is 6. The lowest BCUT2D eigenvalue weighted by atomic mass is 9.80. The number of nitrogens with two attached hydrogens (primary N) is 1. The first-order valence-corrected chi connectivity index (χ1v) is 9.33. The Bertz CT molecular complexity index is 1000. The Morgan fingerprint density at radius 3 is 2.78 bits per heavy atom. The first-order chi connectivity index (χ1) is 12.9. The third-order valence-electron chi connectivity index (χ3n) is 5.24. The van der Waals surface area contributed by atoms with Gasteiger partial charge in [0.1, 0.15) is 11.8 Å². The van der Waals surface area contributed by atoms with Crippen LogP contribution in [0.5, 0.6) is 0 Å². The molecule has 4 rings (SSSR count). The molecule has 0 bridgehead atoms. The van der Waals surface area contributed by atoms with E-state index in [2.05, 4.69) is 58.7 Å². The number of rotatable bonds is 3. The van der Waals surface area contributed by atoms with Crippen molar-refractivity contribution in [1.82, 2.24) is 34.6 Å². The van der Waals surface area contributed by atoms with Gasteiger partial charge in [0.25, 0.3) is 0 Å². The van der Waals surface area contributed by atoms with E-state index in [0.29, 0.717) is 17.9 Å². The maximum absolute atomic E-state index is 5.97. The average Bonchev–Trinajstić information content (AvgIpc) is 3.23. The molecule has 0 aromatic carbocycles. The molecular formula is C19H26N8. The maximum Gasteiger partial charge on any atom is 0.235 e. The number of nitrogen functional groups attached to an aromatic ring is 1. The van der Waals surface area contributed by atoms with Gasteiger partial charge in [0.15, 0.2) is 0 Å². The third kappa shape index (κ3) is 2.99. The fourth-order valence-corrected chi connectivity index (χ4v) is 3.71. The minimum atomic E-state index is 0.187. The van der Waals surface area contributed by atoms with Crippen LogP contribution < -0.4 is 11.1 Å². The number of fused-ring (bicyclic) bond motifs is 1. The van der Waals surface area contributed by atoms with Crippen LogP contribution in [0.25, 0.3) is 22.6 Å². The van der Waals surface area contributed by atoms with Gasteiger partial charge in [-0.15, -0.1) is 0 Å².